The first-order chi connectivity index (χ1) is 15.9. The maximum atomic E-state index is 12.7. The van der Waals surface area contributed by atoms with Crippen LogP contribution in [0, 0.1) is 11.3 Å². The molecule has 1 aliphatic heterocycles. The van der Waals surface area contributed by atoms with Crippen molar-refractivity contribution in [1.82, 2.24) is 20.1 Å². The van der Waals surface area contributed by atoms with Crippen molar-refractivity contribution in [3.63, 3.8) is 0 Å². The molecule has 2 atom stereocenters. The number of halogens is 1. The van der Waals surface area contributed by atoms with Crippen LogP contribution in [0.15, 0.2) is 18.5 Å². The van der Waals surface area contributed by atoms with E-state index in [1.54, 1.807) is 6.20 Å². The summed E-state index contributed by atoms with van der Waals surface area (Å²) < 4.78 is 7.37. The molecule has 2 unspecified atom stereocenters. The van der Waals surface area contributed by atoms with Gasteiger partial charge in [0.15, 0.2) is 0 Å². The zero-order valence-corrected chi connectivity index (χ0v) is 21.3. The average molecular weight is 488 g/mol. The van der Waals surface area contributed by atoms with Crippen LogP contribution in [0.1, 0.15) is 66.0 Å². The Kier molecular flexibility index (Phi) is 6.64. The number of nitrogens with one attached hydrogen (secondary N) is 2. The summed E-state index contributed by atoms with van der Waals surface area (Å²) >= 11 is 6.48. The van der Waals surface area contributed by atoms with E-state index in [1.165, 1.54) is 0 Å². The number of pyridine rings is 1. The zero-order valence-electron chi connectivity index (χ0n) is 20.6. The van der Waals surface area contributed by atoms with Gasteiger partial charge in [0.05, 0.1) is 11.2 Å². The fourth-order valence-corrected chi connectivity index (χ4v) is 5.11. The van der Waals surface area contributed by atoms with Crippen molar-refractivity contribution in [3.05, 3.63) is 29.2 Å². The molecule has 2 N–H and O–H groups in total. The number of carbonyl (C=O) groups is 2. The fraction of sp³-hybridized carbons (Fsp3) is 0.600. The highest BCUT2D eigenvalue weighted by Gasteiger charge is 2.32. The summed E-state index contributed by atoms with van der Waals surface area (Å²) in [5.74, 6) is 0.584. The lowest BCUT2D eigenvalue weighted by molar-refractivity contribution is -0.117. The van der Waals surface area contributed by atoms with E-state index in [0.29, 0.717) is 17.3 Å². The standard InChI is InChI=1S/C25H34ClN5O3/c1-24(2,3)34-23(33)29-16-7-6-15(8-16)9-22(32)30-21-10-17(19(26)13-27-21)18-12-28-31-14-25(4,5)11-20(18)31/h10,12-13,15-16H,6-9,11,14H2,1-5H3,(H,29,33)(H,27,30,32). The van der Waals surface area contributed by atoms with E-state index in [9.17, 15) is 9.59 Å². The van der Waals surface area contributed by atoms with Crippen LogP contribution >= 0.6 is 11.6 Å². The predicted molar refractivity (Wildman–Crippen MR) is 132 cm³/mol. The number of nitrogens with zero attached hydrogens (tertiary/aromatic N) is 3. The number of amides is 2. The summed E-state index contributed by atoms with van der Waals surface area (Å²) in [5, 5.41) is 10.9. The minimum atomic E-state index is -0.528. The van der Waals surface area contributed by atoms with Gasteiger partial charge in [-0.1, -0.05) is 25.4 Å². The van der Waals surface area contributed by atoms with Gasteiger partial charge < -0.3 is 15.4 Å². The van der Waals surface area contributed by atoms with Crippen LogP contribution in [0.2, 0.25) is 5.02 Å². The topological polar surface area (TPSA) is 98.1 Å². The molecule has 2 aromatic rings. The highest BCUT2D eigenvalue weighted by Crippen LogP contribution is 2.39. The van der Waals surface area contributed by atoms with Gasteiger partial charge in [0.1, 0.15) is 11.4 Å². The van der Waals surface area contributed by atoms with Gasteiger partial charge in [0, 0.05) is 42.0 Å². The SMILES string of the molecule is CC1(C)Cc2c(-c3cc(NC(=O)CC4CCC(NC(=O)OC(C)(C)C)C4)ncc3Cl)cnn2C1. The van der Waals surface area contributed by atoms with Crippen molar-refractivity contribution in [3.8, 4) is 11.1 Å². The first-order valence-electron chi connectivity index (χ1n) is 11.9. The number of alkyl carbamates (subject to hydrolysis) is 1. The Morgan fingerprint density at radius 1 is 1.24 bits per heavy atom. The molecule has 184 valence electrons. The molecule has 2 aliphatic rings. The molecule has 4 rings (SSSR count). The lowest BCUT2D eigenvalue weighted by atomic mass is 9.89. The number of aromatic nitrogens is 3. The number of anilines is 1. The normalized spacial score (nSPS) is 21.2. The van der Waals surface area contributed by atoms with Crippen LogP contribution in [-0.2, 0) is 22.5 Å². The summed E-state index contributed by atoms with van der Waals surface area (Å²) in [6.45, 7) is 10.8. The molecule has 0 spiro atoms. The highest BCUT2D eigenvalue weighted by atomic mass is 35.5. The lowest BCUT2D eigenvalue weighted by Gasteiger charge is -2.21. The molecule has 0 aromatic carbocycles. The second kappa shape index (κ2) is 9.21. The van der Waals surface area contributed by atoms with E-state index < -0.39 is 11.7 Å². The van der Waals surface area contributed by atoms with Crippen LogP contribution in [0.25, 0.3) is 11.1 Å². The Morgan fingerprint density at radius 3 is 2.74 bits per heavy atom. The molecule has 0 radical (unpaired) electrons. The first kappa shape index (κ1) is 24.5. The average Bonchev–Trinajstić information content (AvgIpc) is 3.35. The third-order valence-corrected chi connectivity index (χ3v) is 6.62. The quantitative estimate of drug-likeness (QED) is 0.603. The van der Waals surface area contributed by atoms with Crippen LogP contribution in [0.3, 0.4) is 0 Å². The van der Waals surface area contributed by atoms with Crippen molar-refractivity contribution < 1.29 is 14.3 Å². The summed E-state index contributed by atoms with van der Waals surface area (Å²) in [6, 6.07) is 1.85. The fourth-order valence-electron chi connectivity index (χ4n) is 4.91. The lowest BCUT2D eigenvalue weighted by Crippen LogP contribution is -2.38. The second-order valence-electron chi connectivity index (χ2n) is 11.3. The zero-order chi connectivity index (χ0) is 24.7. The van der Waals surface area contributed by atoms with Gasteiger partial charge in [-0.2, -0.15) is 5.10 Å². The highest BCUT2D eigenvalue weighted by molar-refractivity contribution is 6.33. The largest absolute Gasteiger partial charge is 0.444 e. The molecule has 34 heavy (non-hydrogen) atoms. The second-order valence-corrected chi connectivity index (χ2v) is 11.7. The third-order valence-electron chi connectivity index (χ3n) is 6.32. The van der Waals surface area contributed by atoms with Crippen molar-refractivity contribution in [2.75, 3.05) is 5.32 Å². The summed E-state index contributed by atoms with van der Waals surface area (Å²) in [5.41, 5.74) is 2.60. The van der Waals surface area contributed by atoms with Crippen LogP contribution in [0.4, 0.5) is 10.6 Å². The monoisotopic (exact) mass is 487 g/mol. The Bertz CT molecular complexity index is 1090. The van der Waals surface area contributed by atoms with E-state index >= 15 is 0 Å². The minimum absolute atomic E-state index is 0.0293. The molecule has 1 saturated carbocycles. The van der Waals surface area contributed by atoms with Gasteiger partial charge in [-0.05, 0) is 63.9 Å². The molecule has 3 heterocycles. The van der Waals surface area contributed by atoms with Gasteiger partial charge in [-0.15, -0.1) is 0 Å². The van der Waals surface area contributed by atoms with Crippen molar-refractivity contribution in [1.29, 1.82) is 0 Å². The van der Waals surface area contributed by atoms with E-state index in [2.05, 4.69) is 34.6 Å². The molecular weight excluding hydrogens is 454 g/mol. The van der Waals surface area contributed by atoms with Crippen molar-refractivity contribution in [2.45, 2.75) is 84.9 Å². The van der Waals surface area contributed by atoms with Crippen LogP contribution < -0.4 is 10.6 Å². The molecule has 2 aromatic heterocycles. The van der Waals surface area contributed by atoms with Crippen molar-refractivity contribution in [2.24, 2.45) is 11.3 Å². The molecule has 2 amide bonds. The number of carbonyl (C=O) groups excluding carboxylic acids is 2. The summed E-state index contributed by atoms with van der Waals surface area (Å²) in [7, 11) is 0. The number of hydrogen-bond donors (Lipinski definition) is 2. The Labute approximate surface area is 205 Å². The number of ether oxygens (including phenoxy) is 1. The van der Waals surface area contributed by atoms with Crippen LogP contribution in [0.5, 0.6) is 0 Å². The van der Waals surface area contributed by atoms with Gasteiger partial charge >= 0.3 is 6.09 Å². The van der Waals surface area contributed by atoms with Crippen molar-refractivity contribution >= 4 is 29.4 Å². The Balaban J connectivity index is 1.35. The smallest absolute Gasteiger partial charge is 0.407 e. The molecule has 8 nitrogen and oxygen atoms in total. The van der Waals surface area contributed by atoms with Gasteiger partial charge in [-0.25, -0.2) is 9.78 Å². The maximum Gasteiger partial charge on any atom is 0.407 e. The van der Waals surface area contributed by atoms with E-state index in [1.807, 2.05) is 37.7 Å². The minimum Gasteiger partial charge on any atom is -0.444 e. The third kappa shape index (κ3) is 5.90. The van der Waals surface area contributed by atoms with Gasteiger partial charge in [0.25, 0.3) is 0 Å². The first-order valence-corrected chi connectivity index (χ1v) is 12.3. The van der Waals surface area contributed by atoms with Crippen LogP contribution in [-0.4, -0.2) is 38.4 Å². The Hall–Kier alpha value is -2.61. The van der Waals surface area contributed by atoms with E-state index in [0.717, 1.165) is 49.0 Å². The summed E-state index contributed by atoms with van der Waals surface area (Å²) in [4.78, 5) is 29.0. The maximum absolute atomic E-state index is 12.7. The Morgan fingerprint density at radius 2 is 2.00 bits per heavy atom. The molecular formula is C25H34ClN5O3. The van der Waals surface area contributed by atoms with Gasteiger partial charge in [0.2, 0.25) is 5.91 Å². The molecule has 9 heteroatoms. The molecule has 1 fully saturated rings. The van der Waals surface area contributed by atoms with E-state index in [-0.39, 0.29) is 23.3 Å². The molecule has 0 saturated heterocycles. The summed E-state index contributed by atoms with van der Waals surface area (Å²) in [6.07, 6.45) is 6.78. The number of hydrogen-bond acceptors (Lipinski definition) is 5. The molecule has 1 aliphatic carbocycles. The van der Waals surface area contributed by atoms with Gasteiger partial charge in [-0.3, -0.25) is 9.48 Å². The number of rotatable bonds is 5. The predicted octanol–water partition coefficient (Wildman–Crippen LogP) is 5.20. The molecule has 0 bridgehead atoms. The van der Waals surface area contributed by atoms with E-state index in [4.69, 9.17) is 16.3 Å². The number of fused-ring (bicyclic) bond motifs is 1.